The van der Waals surface area contributed by atoms with Crippen LogP contribution in [-0.4, -0.2) is 18.3 Å². The van der Waals surface area contributed by atoms with Gasteiger partial charge in [0, 0.05) is 12.5 Å². The maximum Gasteiger partial charge on any atom is 0.122 e. The molecule has 2 nitrogen and oxygen atoms in total. The van der Waals surface area contributed by atoms with Gasteiger partial charge >= 0.3 is 0 Å². The first-order valence-corrected chi connectivity index (χ1v) is 5.17. The average molecular weight is 192 g/mol. The van der Waals surface area contributed by atoms with E-state index in [-0.39, 0.29) is 12.5 Å². The van der Waals surface area contributed by atoms with E-state index in [0.29, 0.717) is 0 Å². The zero-order valence-corrected chi connectivity index (χ0v) is 8.49. The van der Waals surface area contributed by atoms with E-state index < -0.39 is 0 Å². The summed E-state index contributed by atoms with van der Waals surface area (Å²) in [5.41, 5.74) is 2.46. The minimum atomic E-state index is 0.193. The van der Waals surface area contributed by atoms with Crippen LogP contribution in [0.3, 0.4) is 0 Å². The van der Waals surface area contributed by atoms with Crippen molar-refractivity contribution in [3.05, 3.63) is 29.3 Å². The quantitative estimate of drug-likeness (QED) is 0.777. The van der Waals surface area contributed by atoms with Crippen molar-refractivity contribution in [2.24, 2.45) is 0 Å². The fourth-order valence-electron chi connectivity index (χ4n) is 1.77. The number of aliphatic hydroxyl groups excluding tert-OH is 1. The molecule has 1 aromatic carbocycles. The number of benzene rings is 1. The first kappa shape index (κ1) is 9.53. The number of aliphatic hydroxyl groups is 1. The number of hydrogen-bond acceptors (Lipinski definition) is 2. The summed E-state index contributed by atoms with van der Waals surface area (Å²) in [5, 5.41) is 9.05. The Morgan fingerprint density at radius 1 is 1.50 bits per heavy atom. The van der Waals surface area contributed by atoms with E-state index in [4.69, 9.17) is 9.84 Å². The molecule has 1 aliphatic rings. The third kappa shape index (κ3) is 1.75. The number of rotatable bonds is 2. The Balaban J connectivity index is 2.29. The Kier molecular flexibility index (Phi) is 2.73. The standard InChI is InChI=1S/C12H16O2/c1-9(8-13)11-5-4-10-3-2-6-14-12(10)7-11/h4-5,7,9,13H,2-3,6,8H2,1H3. The molecule has 1 atom stereocenters. The molecule has 0 saturated carbocycles. The SMILES string of the molecule is CC(CO)c1ccc2c(c1)OCCC2. The summed E-state index contributed by atoms with van der Waals surface area (Å²) in [6.45, 7) is 3.04. The Morgan fingerprint density at radius 3 is 3.14 bits per heavy atom. The van der Waals surface area contributed by atoms with Gasteiger partial charge in [-0.3, -0.25) is 0 Å². The molecule has 76 valence electrons. The van der Waals surface area contributed by atoms with Crippen molar-refractivity contribution in [1.29, 1.82) is 0 Å². The summed E-state index contributed by atoms with van der Waals surface area (Å²) in [6, 6.07) is 6.28. The topological polar surface area (TPSA) is 29.5 Å². The summed E-state index contributed by atoms with van der Waals surface area (Å²) in [4.78, 5) is 0. The largest absolute Gasteiger partial charge is 0.493 e. The van der Waals surface area contributed by atoms with E-state index in [1.807, 2.05) is 6.92 Å². The molecule has 1 aromatic rings. The van der Waals surface area contributed by atoms with Crippen LogP contribution in [-0.2, 0) is 6.42 Å². The second-order valence-corrected chi connectivity index (χ2v) is 3.90. The van der Waals surface area contributed by atoms with Crippen LogP contribution < -0.4 is 4.74 Å². The summed E-state index contributed by atoms with van der Waals surface area (Å²) in [5.74, 6) is 1.21. The van der Waals surface area contributed by atoms with Crippen LogP contribution in [0.5, 0.6) is 5.75 Å². The van der Waals surface area contributed by atoms with Gasteiger partial charge < -0.3 is 9.84 Å². The van der Waals surface area contributed by atoms with Crippen molar-refractivity contribution in [3.63, 3.8) is 0 Å². The maximum atomic E-state index is 9.05. The molecule has 0 bridgehead atoms. The third-order valence-electron chi connectivity index (χ3n) is 2.78. The Hall–Kier alpha value is -1.02. The smallest absolute Gasteiger partial charge is 0.122 e. The fourth-order valence-corrected chi connectivity index (χ4v) is 1.77. The first-order chi connectivity index (χ1) is 6.81. The van der Waals surface area contributed by atoms with Crippen molar-refractivity contribution >= 4 is 0 Å². The lowest BCUT2D eigenvalue weighted by Gasteiger charge is -2.19. The van der Waals surface area contributed by atoms with Crippen molar-refractivity contribution in [1.82, 2.24) is 0 Å². The van der Waals surface area contributed by atoms with E-state index in [9.17, 15) is 0 Å². The molecule has 1 unspecified atom stereocenters. The molecule has 1 heterocycles. The molecule has 0 aliphatic carbocycles. The molecule has 0 amide bonds. The third-order valence-corrected chi connectivity index (χ3v) is 2.78. The van der Waals surface area contributed by atoms with E-state index in [1.165, 1.54) is 5.56 Å². The highest BCUT2D eigenvalue weighted by atomic mass is 16.5. The Bertz CT molecular complexity index is 320. The monoisotopic (exact) mass is 192 g/mol. The van der Waals surface area contributed by atoms with Gasteiger partial charge in [-0.25, -0.2) is 0 Å². The summed E-state index contributed by atoms with van der Waals surface area (Å²) in [7, 11) is 0. The molecule has 0 radical (unpaired) electrons. The second kappa shape index (κ2) is 4.01. The number of fused-ring (bicyclic) bond motifs is 1. The zero-order chi connectivity index (χ0) is 9.97. The molecule has 1 aliphatic heterocycles. The lowest BCUT2D eigenvalue weighted by Crippen LogP contribution is -2.09. The van der Waals surface area contributed by atoms with Crippen LogP contribution in [0.1, 0.15) is 30.4 Å². The van der Waals surface area contributed by atoms with Gasteiger partial charge in [-0.2, -0.15) is 0 Å². The molecule has 0 spiro atoms. The second-order valence-electron chi connectivity index (χ2n) is 3.90. The molecule has 14 heavy (non-hydrogen) atoms. The van der Waals surface area contributed by atoms with Crippen LogP contribution in [0.4, 0.5) is 0 Å². The van der Waals surface area contributed by atoms with E-state index in [0.717, 1.165) is 30.8 Å². The molecular formula is C12H16O2. The highest BCUT2D eigenvalue weighted by Crippen LogP contribution is 2.28. The lowest BCUT2D eigenvalue weighted by molar-refractivity contribution is 0.270. The van der Waals surface area contributed by atoms with Gasteiger partial charge in [-0.05, 0) is 30.0 Å². The van der Waals surface area contributed by atoms with Crippen molar-refractivity contribution in [2.45, 2.75) is 25.7 Å². The number of aryl methyl sites for hydroxylation is 1. The normalized spacial score (nSPS) is 17.0. The predicted octanol–water partition coefficient (Wildman–Crippen LogP) is 2.11. The van der Waals surface area contributed by atoms with Crippen LogP contribution >= 0.6 is 0 Å². The molecular weight excluding hydrogens is 176 g/mol. The van der Waals surface area contributed by atoms with Crippen LogP contribution in [0.2, 0.25) is 0 Å². The summed E-state index contributed by atoms with van der Waals surface area (Å²) < 4.78 is 5.58. The molecule has 2 rings (SSSR count). The van der Waals surface area contributed by atoms with Gasteiger partial charge in [-0.1, -0.05) is 19.1 Å². The minimum Gasteiger partial charge on any atom is -0.493 e. The van der Waals surface area contributed by atoms with Gasteiger partial charge in [0.25, 0.3) is 0 Å². The van der Waals surface area contributed by atoms with Gasteiger partial charge in [0.05, 0.1) is 6.61 Å². The minimum absolute atomic E-state index is 0.193. The molecule has 0 saturated heterocycles. The van der Waals surface area contributed by atoms with Gasteiger partial charge in [-0.15, -0.1) is 0 Å². The Morgan fingerprint density at radius 2 is 2.36 bits per heavy atom. The van der Waals surface area contributed by atoms with Crippen molar-refractivity contribution in [3.8, 4) is 5.75 Å². The van der Waals surface area contributed by atoms with Crippen LogP contribution in [0, 0.1) is 0 Å². The van der Waals surface area contributed by atoms with E-state index >= 15 is 0 Å². The molecule has 1 N–H and O–H groups in total. The number of hydrogen-bond donors (Lipinski definition) is 1. The lowest BCUT2D eigenvalue weighted by atomic mass is 9.97. The highest BCUT2D eigenvalue weighted by Gasteiger charge is 2.12. The van der Waals surface area contributed by atoms with Crippen molar-refractivity contribution in [2.75, 3.05) is 13.2 Å². The molecule has 0 fully saturated rings. The number of ether oxygens (including phenoxy) is 1. The Labute approximate surface area is 84.5 Å². The van der Waals surface area contributed by atoms with Crippen molar-refractivity contribution < 1.29 is 9.84 Å². The zero-order valence-electron chi connectivity index (χ0n) is 8.49. The average Bonchev–Trinajstić information content (AvgIpc) is 2.27. The summed E-state index contributed by atoms with van der Waals surface area (Å²) in [6.07, 6.45) is 2.23. The highest BCUT2D eigenvalue weighted by molar-refractivity contribution is 5.39. The van der Waals surface area contributed by atoms with E-state index in [1.54, 1.807) is 0 Å². The predicted molar refractivity (Wildman–Crippen MR) is 55.8 cm³/mol. The molecule has 0 aromatic heterocycles. The van der Waals surface area contributed by atoms with Gasteiger partial charge in [0.15, 0.2) is 0 Å². The van der Waals surface area contributed by atoms with Gasteiger partial charge in [0.1, 0.15) is 5.75 Å². The first-order valence-electron chi connectivity index (χ1n) is 5.17. The maximum absolute atomic E-state index is 9.05. The van der Waals surface area contributed by atoms with Crippen LogP contribution in [0.25, 0.3) is 0 Å². The van der Waals surface area contributed by atoms with E-state index in [2.05, 4.69) is 18.2 Å². The van der Waals surface area contributed by atoms with Gasteiger partial charge in [0.2, 0.25) is 0 Å². The fraction of sp³-hybridized carbons (Fsp3) is 0.500. The summed E-state index contributed by atoms with van der Waals surface area (Å²) >= 11 is 0. The molecule has 2 heteroatoms. The van der Waals surface area contributed by atoms with Crippen LogP contribution in [0.15, 0.2) is 18.2 Å².